The maximum atomic E-state index is 13.7. The van der Waals surface area contributed by atoms with Crippen LogP contribution < -0.4 is 0 Å². The van der Waals surface area contributed by atoms with Crippen molar-refractivity contribution in [2.24, 2.45) is 11.3 Å². The molecule has 1 nitrogen and oxygen atoms in total. The molecule has 1 saturated carbocycles. The molecule has 0 aliphatic heterocycles. The predicted octanol–water partition coefficient (Wildman–Crippen LogP) is 3.19. The van der Waals surface area contributed by atoms with Crippen LogP contribution >= 0.6 is 0 Å². The highest BCUT2D eigenvalue weighted by Crippen LogP contribution is 2.40. The summed E-state index contributed by atoms with van der Waals surface area (Å²) in [5, 5.41) is 0. The molecule has 0 radical (unpaired) electrons. The summed E-state index contributed by atoms with van der Waals surface area (Å²) < 4.78 is 18.9. The Hall–Kier alpha value is -0.110. The van der Waals surface area contributed by atoms with Crippen molar-refractivity contribution in [1.29, 1.82) is 0 Å². The van der Waals surface area contributed by atoms with Gasteiger partial charge in [0, 0.05) is 13.5 Å². The summed E-state index contributed by atoms with van der Waals surface area (Å²) in [6.45, 7) is 6.37. The summed E-state index contributed by atoms with van der Waals surface area (Å²) in [6, 6.07) is 0. The molecular weight excluding hydrogens is 167 g/mol. The van der Waals surface area contributed by atoms with Gasteiger partial charge in [0.25, 0.3) is 0 Å². The van der Waals surface area contributed by atoms with Crippen molar-refractivity contribution >= 4 is 0 Å². The summed E-state index contributed by atoms with van der Waals surface area (Å²) in [5.41, 5.74) is 0.0954. The highest BCUT2D eigenvalue weighted by atomic mass is 19.1. The fourth-order valence-electron chi connectivity index (χ4n) is 2.27. The lowest BCUT2D eigenvalue weighted by Gasteiger charge is -2.39. The van der Waals surface area contributed by atoms with Crippen LogP contribution in [0.5, 0.6) is 0 Å². The van der Waals surface area contributed by atoms with Crippen molar-refractivity contribution in [1.82, 2.24) is 0 Å². The van der Waals surface area contributed by atoms with E-state index in [-0.39, 0.29) is 17.4 Å². The van der Waals surface area contributed by atoms with E-state index in [1.807, 2.05) is 0 Å². The summed E-state index contributed by atoms with van der Waals surface area (Å²) in [5.74, 6) is 0.207. The standard InChI is InChI=1S/C11H21FO/c1-11(2,3)9-6-5-8(13-4)7-10(9)12/h8-10H,5-7H2,1-4H3. The molecule has 1 aliphatic carbocycles. The van der Waals surface area contributed by atoms with E-state index in [1.54, 1.807) is 7.11 Å². The van der Waals surface area contributed by atoms with Crippen molar-refractivity contribution < 1.29 is 9.13 Å². The fourth-order valence-corrected chi connectivity index (χ4v) is 2.27. The van der Waals surface area contributed by atoms with E-state index in [0.717, 1.165) is 12.8 Å². The zero-order valence-corrected chi connectivity index (χ0v) is 9.14. The molecule has 0 aromatic heterocycles. The van der Waals surface area contributed by atoms with Gasteiger partial charge in [0.15, 0.2) is 0 Å². The molecule has 1 fully saturated rings. The molecule has 0 heterocycles. The maximum Gasteiger partial charge on any atom is 0.106 e. The van der Waals surface area contributed by atoms with E-state index in [9.17, 15) is 4.39 Å². The molecular formula is C11H21FO. The third kappa shape index (κ3) is 2.67. The summed E-state index contributed by atoms with van der Waals surface area (Å²) >= 11 is 0. The van der Waals surface area contributed by atoms with Gasteiger partial charge in [0.05, 0.1) is 6.10 Å². The highest BCUT2D eigenvalue weighted by molar-refractivity contribution is 4.87. The number of rotatable bonds is 1. The molecule has 0 N–H and O–H groups in total. The van der Waals surface area contributed by atoms with Gasteiger partial charge in [-0.1, -0.05) is 20.8 Å². The molecule has 2 heteroatoms. The van der Waals surface area contributed by atoms with Crippen molar-refractivity contribution in [2.45, 2.75) is 52.3 Å². The van der Waals surface area contributed by atoms with Gasteiger partial charge in [-0.25, -0.2) is 4.39 Å². The smallest absolute Gasteiger partial charge is 0.106 e. The van der Waals surface area contributed by atoms with Crippen molar-refractivity contribution in [3.8, 4) is 0 Å². The molecule has 3 unspecified atom stereocenters. The number of hydrogen-bond donors (Lipinski definition) is 0. The Morgan fingerprint density at radius 1 is 1.23 bits per heavy atom. The Morgan fingerprint density at radius 3 is 2.23 bits per heavy atom. The van der Waals surface area contributed by atoms with Gasteiger partial charge in [-0.2, -0.15) is 0 Å². The van der Waals surface area contributed by atoms with Gasteiger partial charge in [-0.05, 0) is 24.2 Å². The molecule has 1 rings (SSSR count). The van der Waals surface area contributed by atoms with Crippen LogP contribution in [0, 0.1) is 11.3 Å². The Bertz CT molecular complexity index is 162. The molecule has 0 saturated heterocycles. The molecule has 0 aromatic carbocycles. The lowest BCUT2D eigenvalue weighted by atomic mass is 9.71. The third-order valence-electron chi connectivity index (χ3n) is 3.17. The summed E-state index contributed by atoms with van der Waals surface area (Å²) in [4.78, 5) is 0. The minimum atomic E-state index is -0.682. The van der Waals surface area contributed by atoms with Crippen LogP contribution in [-0.2, 0) is 4.74 Å². The zero-order chi connectivity index (χ0) is 10.1. The van der Waals surface area contributed by atoms with Gasteiger partial charge in [0.2, 0.25) is 0 Å². The van der Waals surface area contributed by atoms with Crippen LogP contribution in [-0.4, -0.2) is 19.4 Å². The predicted molar refractivity (Wildman–Crippen MR) is 52.5 cm³/mol. The van der Waals surface area contributed by atoms with Crippen molar-refractivity contribution in [2.75, 3.05) is 7.11 Å². The minimum Gasteiger partial charge on any atom is -0.381 e. The van der Waals surface area contributed by atoms with Crippen LogP contribution in [0.2, 0.25) is 0 Å². The van der Waals surface area contributed by atoms with Gasteiger partial charge in [-0.3, -0.25) is 0 Å². The maximum absolute atomic E-state index is 13.7. The summed E-state index contributed by atoms with van der Waals surface area (Å²) in [6.07, 6.45) is 2.02. The molecule has 0 bridgehead atoms. The average molecular weight is 188 g/mol. The van der Waals surface area contributed by atoms with E-state index in [1.165, 1.54) is 0 Å². The molecule has 0 spiro atoms. The number of halogens is 1. The highest BCUT2D eigenvalue weighted by Gasteiger charge is 2.37. The van der Waals surface area contributed by atoms with Crippen LogP contribution in [0.3, 0.4) is 0 Å². The average Bonchev–Trinajstić information content (AvgIpc) is 2.01. The molecule has 0 amide bonds. The van der Waals surface area contributed by atoms with Crippen molar-refractivity contribution in [3.05, 3.63) is 0 Å². The number of hydrogen-bond acceptors (Lipinski definition) is 1. The van der Waals surface area contributed by atoms with Crippen LogP contribution in [0.1, 0.15) is 40.0 Å². The second-order valence-corrected chi connectivity index (χ2v) is 5.16. The SMILES string of the molecule is COC1CCC(C(C)(C)C)C(F)C1. The lowest BCUT2D eigenvalue weighted by molar-refractivity contribution is -0.0150. The molecule has 13 heavy (non-hydrogen) atoms. The number of ether oxygens (including phenoxy) is 1. The van der Waals surface area contributed by atoms with Crippen molar-refractivity contribution in [3.63, 3.8) is 0 Å². The van der Waals surface area contributed by atoms with Crippen LogP contribution in [0.4, 0.5) is 4.39 Å². The monoisotopic (exact) mass is 188 g/mol. The van der Waals surface area contributed by atoms with E-state index in [0.29, 0.717) is 6.42 Å². The van der Waals surface area contributed by atoms with Crippen LogP contribution in [0.15, 0.2) is 0 Å². The first-order valence-corrected chi connectivity index (χ1v) is 5.12. The number of alkyl halides is 1. The first-order chi connectivity index (χ1) is 5.95. The first-order valence-electron chi connectivity index (χ1n) is 5.12. The second kappa shape index (κ2) is 3.95. The van der Waals surface area contributed by atoms with E-state index < -0.39 is 6.17 Å². The topological polar surface area (TPSA) is 9.23 Å². The molecule has 3 atom stereocenters. The lowest BCUT2D eigenvalue weighted by Crippen LogP contribution is -2.37. The van der Waals surface area contributed by atoms with E-state index >= 15 is 0 Å². The third-order valence-corrected chi connectivity index (χ3v) is 3.17. The van der Waals surface area contributed by atoms with Gasteiger partial charge in [0.1, 0.15) is 6.17 Å². The van der Waals surface area contributed by atoms with Crippen LogP contribution in [0.25, 0.3) is 0 Å². The van der Waals surface area contributed by atoms with Gasteiger partial charge >= 0.3 is 0 Å². The Labute approximate surface area is 80.7 Å². The van der Waals surface area contributed by atoms with E-state index in [2.05, 4.69) is 20.8 Å². The zero-order valence-electron chi connectivity index (χ0n) is 9.14. The first kappa shape index (κ1) is 11.0. The second-order valence-electron chi connectivity index (χ2n) is 5.16. The van der Waals surface area contributed by atoms with Gasteiger partial charge < -0.3 is 4.74 Å². The quantitative estimate of drug-likeness (QED) is 0.614. The fraction of sp³-hybridized carbons (Fsp3) is 1.00. The molecule has 1 aliphatic rings. The summed E-state index contributed by atoms with van der Waals surface area (Å²) in [7, 11) is 1.68. The minimum absolute atomic E-state index is 0.0954. The number of methoxy groups -OCH3 is 1. The Balaban J connectivity index is 2.53. The molecule has 0 aromatic rings. The molecule has 78 valence electrons. The van der Waals surface area contributed by atoms with Gasteiger partial charge in [-0.15, -0.1) is 0 Å². The Kier molecular flexibility index (Phi) is 3.33. The normalized spacial score (nSPS) is 36.2. The Morgan fingerprint density at radius 2 is 1.85 bits per heavy atom. The van der Waals surface area contributed by atoms with E-state index in [4.69, 9.17) is 4.74 Å². The largest absolute Gasteiger partial charge is 0.381 e.